The Morgan fingerprint density at radius 3 is 2.95 bits per heavy atom. The molecule has 0 radical (unpaired) electrons. The lowest BCUT2D eigenvalue weighted by atomic mass is 10.3. The maximum absolute atomic E-state index is 8.63. The minimum Gasteiger partial charge on any atom is -0.394 e. The van der Waals surface area contributed by atoms with Crippen molar-refractivity contribution in [2.45, 2.75) is 19.8 Å². The molecule has 0 spiro atoms. The first-order valence-corrected chi connectivity index (χ1v) is 8.14. The van der Waals surface area contributed by atoms with E-state index in [2.05, 4.69) is 27.5 Å². The minimum atomic E-state index is 0.0708. The molecule has 2 aromatic heterocycles. The lowest BCUT2D eigenvalue weighted by Crippen LogP contribution is -2.10. The molecule has 7 heteroatoms. The van der Waals surface area contributed by atoms with Gasteiger partial charge in [-0.05, 0) is 24.3 Å². The average Bonchev–Trinajstić information content (AvgIpc) is 2.97. The average molecular weight is 310 g/mol. The van der Waals surface area contributed by atoms with Gasteiger partial charge in [-0.1, -0.05) is 6.92 Å². The van der Waals surface area contributed by atoms with Gasteiger partial charge < -0.3 is 20.5 Å². The summed E-state index contributed by atoms with van der Waals surface area (Å²) in [5.41, 5.74) is 0. The van der Waals surface area contributed by atoms with Crippen LogP contribution in [0.3, 0.4) is 0 Å². The van der Waals surface area contributed by atoms with Crippen molar-refractivity contribution in [1.82, 2.24) is 9.97 Å². The van der Waals surface area contributed by atoms with Crippen molar-refractivity contribution < 1.29 is 9.84 Å². The first-order chi connectivity index (χ1) is 10.3. The quantitative estimate of drug-likeness (QED) is 0.585. The van der Waals surface area contributed by atoms with Crippen LogP contribution < -0.4 is 10.6 Å². The van der Waals surface area contributed by atoms with Gasteiger partial charge >= 0.3 is 0 Å². The smallest absolute Gasteiger partial charge is 0.226 e. The summed E-state index contributed by atoms with van der Waals surface area (Å²) in [6, 6.07) is 2.04. The number of aliphatic hydroxyl groups is 1. The van der Waals surface area contributed by atoms with Crippen molar-refractivity contribution >= 4 is 33.3 Å². The number of nitrogens with zero attached hydrogens (tertiary/aromatic N) is 2. The summed E-state index contributed by atoms with van der Waals surface area (Å²) in [5.74, 6) is 1.54. The van der Waals surface area contributed by atoms with Crippen molar-refractivity contribution in [3.05, 3.63) is 11.4 Å². The van der Waals surface area contributed by atoms with E-state index in [9.17, 15) is 0 Å². The number of thiophene rings is 1. The van der Waals surface area contributed by atoms with Gasteiger partial charge in [0.2, 0.25) is 5.95 Å². The van der Waals surface area contributed by atoms with Gasteiger partial charge in [0, 0.05) is 19.7 Å². The van der Waals surface area contributed by atoms with Crippen LogP contribution in [0.4, 0.5) is 11.8 Å². The van der Waals surface area contributed by atoms with E-state index in [1.165, 1.54) is 0 Å². The van der Waals surface area contributed by atoms with Crippen molar-refractivity contribution in [1.29, 1.82) is 0 Å². The monoisotopic (exact) mass is 310 g/mol. The zero-order valence-corrected chi connectivity index (χ0v) is 13.1. The second-order valence-corrected chi connectivity index (χ2v) is 5.47. The fraction of sp³-hybridized carbons (Fsp3) is 0.571. The number of fused-ring (bicyclic) bond motifs is 1. The van der Waals surface area contributed by atoms with Crippen LogP contribution in [0.5, 0.6) is 0 Å². The number of hydrogen-bond acceptors (Lipinski definition) is 7. The molecule has 2 heterocycles. The molecule has 116 valence electrons. The van der Waals surface area contributed by atoms with Gasteiger partial charge in [0.05, 0.1) is 18.6 Å². The Bertz CT molecular complexity index is 547. The molecular formula is C14H22N4O2S. The highest BCUT2D eigenvalue weighted by atomic mass is 32.1. The molecule has 0 saturated carbocycles. The van der Waals surface area contributed by atoms with E-state index in [1.807, 2.05) is 11.4 Å². The Hall–Kier alpha value is -1.44. The molecule has 3 N–H and O–H groups in total. The summed E-state index contributed by atoms with van der Waals surface area (Å²) < 4.78 is 5.24. The van der Waals surface area contributed by atoms with Crippen LogP contribution in [0.15, 0.2) is 11.4 Å². The van der Waals surface area contributed by atoms with E-state index in [4.69, 9.17) is 9.84 Å². The normalized spacial score (nSPS) is 11.0. The Morgan fingerprint density at radius 1 is 1.24 bits per heavy atom. The van der Waals surface area contributed by atoms with E-state index >= 15 is 0 Å². The molecular weight excluding hydrogens is 288 g/mol. The minimum absolute atomic E-state index is 0.0708. The van der Waals surface area contributed by atoms with Gasteiger partial charge in [-0.25, -0.2) is 4.98 Å². The Balaban J connectivity index is 1.95. The number of rotatable bonds is 10. The molecule has 0 fully saturated rings. The van der Waals surface area contributed by atoms with Gasteiger partial charge in [0.1, 0.15) is 10.6 Å². The predicted octanol–water partition coefficient (Wildman–Crippen LogP) is 2.32. The van der Waals surface area contributed by atoms with E-state index in [-0.39, 0.29) is 6.61 Å². The van der Waals surface area contributed by atoms with Gasteiger partial charge in [-0.15, -0.1) is 11.3 Å². The standard InChI is InChI=1S/C14H22N4O2S/c1-2-5-16-14-17-12(11-4-10-21-13(11)18-14)15-6-3-8-20-9-7-19/h4,10,19H,2-3,5-9H2,1H3,(H2,15,16,17,18). The van der Waals surface area contributed by atoms with Gasteiger partial charge in [-0.2, -0.15) is 4.98 Å². The number of anilines is 2. The van der Waals surface area contributed by atoms with Crippen LogP contribution >= 0.6 is 11.3 Å². The zero-order chi connectivity index (χ0) is 14.9. The molecule has 0 aliphatic heterocycles. The highest BCUT2D eigenvalue weighted by molar-refractivity contribution is 7.16. The Labute approximate surface area is 128 Å². The fourth-order valence-corrected chi connectivity index (χ4v) is 2.62. The largest absolute Gasteiger partial charge is 0.394 e. The molecule has 0 aliphatic rings. The van der Waals surface area contributed by atoms with E-state index < -0.39 is 0 Å². The molecule has 2 aromatic rings. The lowest BCUT2D eigenvalue weighted by molar-refractivity contribution is 0.0922. The maximum Gasteiger partial charge on any atom is 0.226 e. The summed E-state index contributed by atoms with van der Waals surface area (Å²) in [4.78, 5) is 10.0. The third-order valence-corrected chi connectivity index (χ3v) is 3.66. The summed E-state index contributed by atoms with van der Waals surface area (Å²) in [6.07, 6.45) is 1.91. The molecule has 21 heavy (non-hydrogen) atoms. The summed E-state index contributed by atoms with van der Waals surface area (Å²) in [5, 5.41) is 18.3. The first kappa shape index (κ1) is 15.9. The molecule has 0 aliphatic carbocycles. The highest BCUT2D eigenvalue weighted by Gasteiger charge is 2.08. The van der Waals surface area contributed by atoms with Crippen molar-refractivity contribution in [2.75, 3.05) is 43.5 Å². The second-order valence-electron chi connectivity index (χ2n) is 4.58. The SMILES string of the molecule is CCCNc1nc(NCCCOCCO)c2ccsc2n1. The van der Waals surface area contributed by atoms with Crippen LogP contribution in [-0.4, -0.2) is 48.0 Å². The van der Waals surface area contributed by atoms with Crippen molar-refractivity contribution in [3.63, 3.8) is 0 Å². The zero-order valence-electron chi connectivity index (χ0n) is 12.3. The van der Waals surface area contributed by atoms with Crippen molar-refractivity contribution in [3.8, 4) is 0 Å². The topological polar surface area (TPSA) is 79.3 Å². The third kappa shape index (κ3) is 4.80. The number of ether oxygens (including phenoxy) is 1. The fourth-order valence-electron chi connectivity index (χ4n) is 1.85. The molecule has 0 amide bonds. The predicted molar refractivity (Wildman–Crippen MR) is 87.2 cm³/mol. The van der Waals surface area contributed by atoms with Gasteiger partial charge in [-0.3, -0.25) is 0 Å². The molecule has 0 bridgehead atoms. The third-order valence-electron chi connectivity index (χ3n) is 2.85. The molecule has 6 nitrogen and oxygen atoms in total. The van der Waals surface area contributed by atoms with Gasteiger partial charge in [0.25, 0.3) is 0 Å². The summed E-state index contributed by atoms with van der Waals surface area (Å²) >= 11 is 1.62. The number of aromatic nitrogens is 2. The maximum atomic E-state index is 8.63. The van der Waals surface area contributed by atoms with Crippen LogP contribution in [0.2, 0.25) is 0 Å². The van der Waals surface area contributed by atoms with E-state index in [0.29, 0.717) is 19.2 Å². The van der Waals surface area contributed by atoms with Crippen LogP contribution in [0, 0.1) is 0 Å². The molecule has 0 atom stereocenters. The first-order valence-electron chi connectivity index (χ1n) is 7.26. The number of hydrogen-bond donors (Lipinski definition) is 3. The molecule has 0 saturated heterocycles. The van der Waals surface area contributed by atoms with Crippen LogP contribution in [0.1, 0.15) is 19.8 Å². The highest BCUT2D eigenvalue weighted by Crippen LogP contribution is 2.26. The lowest BCUT2D eigenvalue weighted by Gasteiger charge is -2.09. The summed E-state index contributed by atoms with van der Waals surface area (Å²) in [6.45, 7) is 4.86. The van der Waals surface area contributed by atoms with E-state index in [0.717, 1.165) is 42.0 Å². The number of nitrogens with one attached hydrogen (secondary N) is 2. The Kier molecular flexibility index (Phi) is 6.65. The Morgan fingerprint density at radius 2 is 2.14 bits per heavy atom. The number of aliphatic hydroxyl groups excluding tert-OH is 1. The molecule has 0 aromatic carbocycles. The molecule has 0 unspecified atom stereocenters. The van der Waals surface area contributed by atoms with Crippen LogP contribution in [-0.2, 0) is 4.74 Å². The van der Waals surface area contributed by atoms with E-state index in [1.54, 1.807) is 11.3 Å². The second kappa shape index (κ2) is 8.76. The van der Waals surface area contributed by atoms with Crippen LogP contribution in [0.25, 0.3) is 10.2 Å². The van der Waals surface area contributed by atoms with Crippen molar-refractivity contribution in [2.24, 2.45) is 0 Å². The van der Waals surface area contributed by atoms with Gasteiger partial charge in [0.15, 0.2) is 0 Å². The summed E-state index contributed by atoms with van der Waals surface area (Å²) in [7, 11) is 0. The molecule has 2 rings (SSSR count).